The Balaban J connectivity index is 1.66. The van der Waals surface area contributed by atoms with Gasteiger partial charge in [0.2, 0.25) is 0 Å². The third-order valence-electron chi connectivity index (χ3n) is 4.01. The highest BCUT2D eigenvalue weighted by molar-refractivity contribution is 7.92. The summed E-state index contributed by atoms with van der Waals surface area (Å²) in [6.07, 6.45) is 0. The van der Waals surface area contributed by atoms with Gasteiger partial charge in [-0.1, -0.05) is 24.3 Å². The van der Waals surface area contributed by atoms with Gasteiger partial charge in [-0.15, -0.1) is 0 Å². The van der Waals surface area contributed by atoms with E-state index in [1.165, 1.54) is 23.3 Å². The number of anilines is 2. The van der Waals surface area contributed by atoms with Gasteiger partial charge in [-0.25, -0.2) is 12.8 Å². The van der Waals surface area contributed by atoms with Crippen molar-refractivity contribution in [3.63, 3.8) is 0 Å². The third-order valence-corrected chi connectivity index (χ3v) is 5.40. The predicted octanol–water partition coefficient (Wildman–Crippen LogP) is 4.55. The van der Waals surface area contributed by atoms with Gasteiger partial charge in [-0.3, -0.25) is 4.72 Å². The molecule has 0 aliphatic carbocycles. The van der Waals surface area contributed by atoms with Crippen LogP contribution in [0.25, 0.3) is 0 Å². The number of aryl methyl sites for hydroxylation is 1. The quantitative estimate of drug-likeness (QED) is 0.669. The van der Waals surface area contributed by atoms with Crippen LogP contribution in [0.3, 0.4) is 0 Å². The molecule has 3 aromatic rings. The molecule has 26 heavy (non-hydrogen) atoms. The van der Waals surface area contributed by atoms with Gasteiger partial charge in [0.25, 0.3) is 10.0 Å². The number of benzene rings is 3. The number of sulfonamides is 1. The molecule has 0 saturated heterocycles. The Kier molecular flexibility index (Phi) is 5.23. The van der Waals surface area contributed by atoms with E-state index in [1.807, 2.05) is 12.1 Å². The summed E-state index contributed by atoms with van der Waals surface area (Å²) < 4.78 is 40.0. The molecule has 0 unspecified atom stereocenters. The summed E-state index contributed by atoms with van der Waals surface area (Å²) in [5, 5.41) is 3.31. The second kappa shape index (κ2) is 7.58. The molecule has 0 amide bonds. The number of hydrogen-bond donors (Lipinski definition) is 2. The standard InChI is InChI=1S/C20H19FN2O2S/c1-15-4-2-3-5-16(15)14-22-18-8-10-19(11-9-18)23-26(24,25)20-12-6-17(21)7-13-20/h2-13,22-23H,14H2,1H3. The Hall–Kier alpha value is -2.86. The lowest BCUT2D eigenvalue weighted by Crippen LogP contribution is -2.12. The minimum atomic E-state index is -3.74. The Morgan fingerprint density at radius 1 is 0.846 bits per heavy atom. The molecule has 0 saturated carbocycles. The SMILES string of the molecule is Cc1ccccc1CNc1ccc(NS(=O)(=O)c2ccc(F)cc2)cc1. The van der Waals surface area contributed by atoms with E-state index >= 15 is 0 Å². The molecule has 0 radical (unpaired) electrons. The topological polar surface area (TPSA) is 58.2 Å². The smallest absolute Gasteiger partial charge is 0.261 e. The Bertz CT molecular complexity index is 985. The van der Waals surface area contributed by atoms with Crippen molar-refractivity contribution in [3.05, 3.63) is 89.7 Å². The minimum Gasteiger partial charge on any atom is -0.381 e. The summed E-state index contributed by atoms with van der Waals surface area (Å²) in [4.78, 5) is 0.0145. The van der Waals surface area contributed by atoms with Crippen LogP contribution in [0.5, 0.6) is 0 Å². The second-order valence-corrected chi connectivity index (χ2v) is 7.60. The van der Waals surface area contributed by atoms with E-state index in [2.05, 4.69) is 29.1 Å². The highest BCUT2D eigenvalue weighted by Gasteiger charge is 2.14. The molecule has 3 rings (SSSR count). The van der Waals surface area contributed by atoms with Crippen molar-refractivity contribution >= 4 is 21.4 Å². The summed E-state index contributed by atoms with van der Waals surface area (Å²) in [5.74, 6) is -0.479. The predicted molar refractivity (Wildman–Crippen MR) is 102 cm³/mol. The maximum Gasteiger partial charge on any atom is 0.261 e. The Morgan fingerprint density at radius 2 is 1.46 bits per heavy atom. The molecule has 6 heteroatoms. The van der Waals surface area contributed by atoms with Crippen LogP contribution in [-0.4, -0.2) is 8.42 Å². The number of halogens is 1. The van der Waals surface area contributed by atoms with Crippen LogP contribution in [0, 0.1) is 12.7 Å². The molecular formula is C20H19FN2O2S. The van der Waals surface area contributed by atoms with Gasteiger partial charge in [0.05, 0.1) is 4.90 Å². The maximum atomic E-state index is 12.9. The van der Waals surface area contributed by atoms with Crippen molar-refractivity contribution in [2.75, 3.05) is 10.0 Å². The largest absolute Gasteiger partial charge is 0.381 e. The van der Waals surface area contributed by atoms with Crippen molar-refractivity contribution in [2.45, 2.75) is 18.4 Å². The fourth-order valence-electron chi connectivity index (χ4n) is 2.49. The number of hydrogen-bond acceptors (Lipinski definition) is 3. The van der Waals surface area contributed by atoms with Crippen molar-refractivity contribution in [2.24, 2.45) is 0 Å². The van der Waals surface area contributed by atoms with Gasteiger partial charge >= 0.3 is 0 Å². The highest BCUT2D eigenvalue weighted by Crippen LogP contribution is 2.19. The highest BCUT2D eigenvalue weighted by atomic mass is 32.2. The molecule has 4 nitrogen and oxygen atoms in total. The Labute approximate surface area is 152 Å². The Morgan fingerprint density at radius 3 is 2.12 bits per heavy atom. The van der Waals surface area contributed by atoms with Crippen LogP contribution in [0.1, 0.15) is 11.1 Å². The van der Waals surface area contributed by atoms with Crippen molar-refractivity contribution < 1.29 is 12.8 Å². The molecule has 0 fully saturated rings. The molecular weight excluding hydrogens is 351 g/mol. The van der Waals surface area contributed by atoms with Crippen LogP contribution in [0.15, 0.2) is 77.7 Å². The van der Waals surface area contributed by atoms with E-state index < -0.39 is 15.8 Å². The van der Waals surface area contributed by atoms with Gasteiger partial charge in [-0.2, -0.15) is 0 Å². The first-order valence-corrected chi connectivity index (χ1v) is 9.59. The first kappa shape index (κ1) is 17.9. The first-order chi connectivity index (χ1) is 12.4. The molecule has 0 aliphatic rings. The summed E-state index contributed by atoms with van der Waals surface area (Å²) in [5.41, 5.74) is 3.74. The maximum absolute atomic E-state index is 12.9. The van der Waals surface area contributed by atoms with Gasteiger partial charge in [0.15, 0.2) is 0 Å². The van der Waals surface area contributed by atoms with Crippen LogP contribution in [0.4, 0.5) is 15.8 Å². The lowest BCUT2D eigenvalue weighted by atomic mass is 10.1. The summed E-state index contributed by atoms with van der Waals surface area (Å²) in [7, 11) is -3.74. The van der Waals surface area contributed by atoms with Crippen molar-refractivity contribution in [1.82, 2.24) is 0 Å². The third kappa shape index (κ3) is 4.40. The van der Waals surface area contributed by atoms with E-state index in [9.17, 15) is 12.8 Å². The molecule has 0 aromatic heterocycles. The zero-order valence-electron chi connectivity index (χ0n) is 14.2. The van der Waals surface area contributed by atoms with E-state index in [4.69, 9.17) is 0 Å². The summed E-state index contributed by atoms with van der Waals surface area (Å²) >= 11 is 0. The first-order valence-electron chi connectivity index (χ1n) is 8.11. The average molecular weight is 370 g/mol. The fourth-order valence-corrected chi connectivity index (χ4v) is 3.55. The monoisotopic (exact) mass is 370 g/mol. The lowest BCUT2D eigenvalue weighted by Gasteiger charge is -2.11. The fraction of sp³-hybridized carbons (Fsp3) is 0.100. The van der Waals surface area contributed by atoms with E-state index in [-0.39, 0.29) is 4.90 Å². The molecule has 0 bridgehead atoms. The molecule has 0 atom stereocenters. The van der Waals surface area contributed by atoms with Gasteiger partial charge in [0, 0.05) is 17.9 Å². The second-order valence-electron chi connectivity index (χ2n) is 5.92. The van der Waals surface area contributed by atoms with Crippen LogP contribution >= 0.6 is 0 Å². The number of nitrogens with one attached hydrogen (secondary N) is 2. The van der Waals surface area contributed by atoms with Gasteiger partial charge in [-0.05, 0) is 66.6 Å². The molecule has 2 N–H and O–H groups in total. The van der Waals surface area contributed by atoms with E-state index in [0.717, 1.165) is 17.8 Å². The zero-order valence-corrected chi connectivity index (χ0v) is 15.1. The lowest BCUT2D eigenvalue weighted by molar-refractivity contribution is 0.599. The normalized spacial score (nSPS) is 11.2. The minimum absolute atomic E-state index is 0.0145. The molecule has 3 aromatic carbocycles. The van der Waals surface area contributed by atoms with Crippen molar-refractivity contribution in [3.8, 4) is 0 Å². The van der Waals surface area contributed by atoms with Gasteiger partial charge < -0.3 is 5.32 Å². The van der Waals surface area contributed by atoms with Crippen molar-refractivity contribution in [1.29, 1.82) is 0 Å². The summed E-state index contributed by atoms with van der Waals surface area (Å²) in [6, 6.07) is 19.8. The zero-order chi connectivity index (χ0) is 18.6. The molecule has 134 valence electrons. The number of rotatable bonds is 6. The van der Waals surface area contributed by atoms with E-state index in [0.29, 0.717) is 12.2 Å². The van der Waals surface area contributed by atoms with Crippen LogP contribution in [-0.2, 0) is 16.6 Å². The van der Waals surface area contributed by atoms with E-state index in [1.54, 1.807) is 24.3 Å². The van der Waals surface area contributed by atoms with Gasteiger partial charge in [0.1, 0.15) is 5.82 Å². The molecule has 0 heterocycles. The van der Waals surface area contributed by atoms with Crippen LogP contribution in [0.2, 0.25) is 0 Å². The van der Waals surface area contributed by atoms with Crippen LogP contribution < -0.4 is 10.0 Å². The average Bonchev–Trinajstić information content (AvgIpc) is 2.62. The molecule has 0 spiro atoms. The summed E-state index contributed by atoms with van der Waals surface area (Å²) in [6.45, 7) is 2.75. The molecule has 0 aliphatic heterocycles.